The Kier molecular flexibility index (Phi) is 3.26. The summed E-state index contributed by atoms with van der Waals surface area (Å²) in [6, 6.07) is 6.44. The van der Waals surface area contributed by atoms with E-state index in [1.54, 1.807) is 0 Å². The minimum atomic E-state index is -0.0219. The Morgan fingerprint density at radius 2 is 2.10 bits per heavy atom. The van der Waals surface area contributed by atoms with Gasteiger partial charge in [0.1, 0.15) is 0 Å². The van der Waals surface area contributed by atoms with Gasteiger partial charge in [-0.3, -0.25) is 10.1 Å². The molecule has 1 saturated carbocycles. The largest absolute Gasteiger partial charge is 0.407 e. The van der Waals surface area contributed by atoms with Gasteiger partial charge in [0.05, 0.1) is 6.42 Å². The van der Waals surface area contributed by atoms with Crippen LogP contribution in [0, 0.1) is 19.8 Å². The summed E-state index contributed by atoms with van der Waals surface area (Å²) >= 11 is 0. The predicted octanol–water partition coefficient (Wildman–Crippen LogP) is 2.63. The van der Waals surface area contributed by atoms with E-state index in [1.807, 2.05) is 0 Å². The van der Waals surface area contributed by atoms with Crippen LogP contribution < -0.4 is 5.32 Å². The van der Waals surface area contributed by atoms with Crippen LogP contribution in [0.2, 0.25) is 0 Å². The van der Waals surface area contributed by atoms with Gasteiger partial charge in [0.2, 0.25) is 11.8 Å². The Hall–Kier alpha value is -2.17. The molecule has 1 amide bonds. The van der Waals surface area contributed by atoms with Crippen molar-refractivity contribution in [3.63, 3.8) is 0 Å². The van der Waals surface area contributed by atoms with E-state index >= 15 is 0 Å². The smallest absolute Gasteiger partial charge is 0.322 e. The number of carbonyl (C=O) groups is 1. The maximum atomic E-state index is 11.6. The third kappa shape index (κ3) is 2.87. The number of rotatable bonds is 4. The van der Waals surface area contributed by atoms with Gasteiger partial charge in [0, 0.05) is 5.92 Å². The van der Waals surface area contributed by atoms with Gasteiger partial charge in [0.15, 0.2) is 0 Å². The third-order valence-corrected chi connectivity index (χ3v) is 3.57. The number of aryl methyl sites for hydroxylation is 2. The number of anilines is 1. The average molecular weight is 271 g/mol. The molecule has 1 heterocycles. The van der Waals surface area contributed by atoms with Gasteiger partial charge in [0.25, 0.3) is 0 Å². The molecule has 0 saturated heterocycles. The molecule has 1 aromatic carbocycles. The van der Waals surface area contributed by atoms with Crippen molar-refractivity contribution in [3.8, 4) is 0 Å². The van der Waals surface area contributed by atoms with Crippen molar-refractivity contribution in [2.45, 2.75) is 33.1 Å². The van der Waals surface area contributed by atoms with Crippen molar-refractivity contribution in [3.05, 3.63) is 40.8 Å². The number of aromatic nitrogens is 2. The summed E-state index contributed by atoms with van der Waals surface area (Å²) in [5.74, 6) is 0.621. The molecule has 0 aliphatic heterocycles. The molecule has 0 spiro atoms. The van der Waals surface area contributed by atoms with Crippen LogP contribution in [0.3, 0.4) is 0 Å². The Bertz CT molecular complexity index is 644. The van der Waals surface area contributed by atoms with Crippen molar-refractivity contribution in [1.82, 2.24) is 10.2 Å². The lowest BCUT2D eigenvalue weighted by atomic mass is 10.0. The zero-order chi connectivity index (χ0) is 14.1. The third-order valence-electron chi connectivity index (χ3n) is 3.57. The molecule has 5 heteroatoms. The Balaban J connectivity index is 1.66. The second-order valence-electron chi connectivity index (χ2n) is 5.36. The molecule has 20 heavy (non-hydrogen) atoms. The van der Waals surface area contributed by atoms with E-state index in [0.717, 1.165) is 18.4 Å². The Morgan fingerprint density at radius 1 is 1.30 bits per heavy atom. The van der Waals surface area contributed by atoms with E-state index in [-0.39, 0.29) is 17.8 Å². The highest BCUT2D eigenvalue weighted by atomic mass is 16.4. The zero-order valence-corrected chi connectivity index (χ0v) is 11.6. The fourth-order valence-corrected chi connectivity index (χ4v) is 2.02. The first-order valence-corrected chi connectivity index (χ1v) is 6.81. The lowest BCUT2D eigenvalue weighted by molar-refractivity contribution is -0.117. The van der Waals surface area contributed by atoms with Gasteiger partial charge in [-0.15, -0.1) is 5.10 Å². The van der Waals surface area contributed by atoms with E-state index in [0.29, 0.717) is 12.3 Å². The number of carbonyl (C=O) groups excluding carboxylic acids is 1. The molecule has 1 N–H and O–H groups in total. The first-order valence-electron chi connectivity index (χ1n) is 6.81. The molecule has 1 aliphatic carbocycles. The second-order valence-corrected chi connectivity index (χ2v) is 5.36. The number of amides is 1. The van der Waals surface area contributed by atoms with Crippen LogP contribution in [0.25, 0.3) is 0 Å². The molecule has 0 radical (unpaired) electrons. The lowest BCUT2D eigenvalue weighted by Crippen LogP contribution is -2.13. The van der Waals surface area contributed by atoms with Crippen molar-refractivity contribution >= 4 is 11.9 Å². The van der Waals surface area contributed by atoms with Crippen molar-refractivity contribution in [2.75, 3.05) is 5.32 Å². The average Bonchev–Trinajstić information content (AvgIpc) is 3.18. The number of nitrogens with one attached hydrogen (secondary N) is 1. The predicted molar refractivity (Wildman–Crippen MR) is 74.4 cm³/mol. The molecular weight excluding hydrogens is 254 g/mol. The monoisotopic (exact) mass is 271 g/mol. The van der Waals surface area contributed by atoms with E-state index in [4.69, 9.17) is 4.42 Å². The fraction of sp³-hybridized carbons (Fsp3) is 0.400. The Labute approximate surface area is 117 Å². The number of hydrogen-bond acceptors (Lipinski definition) is 4. The summed E-state index contributed by atoms with van der Waals surface area (Å²) in [5.41, 5.74) is 3.62. The molecule has 3 rings (SSSR count). The summed E-state index contributed by atoms with van der Waals surface area (Å²) in [6.07, 6.45) is 2.48. The quantitative estimate of drug-likeness (QED) is 0.928. The summed E-state index contributed by atoms with van der Waals surface area (Å²) < 4.78 is 5.45. The first kappa shape index (κ1) is 12.8. The highest BCUT2D eigenvalue weighted by Crippen LogP contribution is 2.30. The molecule has 0 atom stereocenters. The Morgan fingerprint density at radius 3 is 2.80 bits per heavy atom. The molecular formula is C15H17N3O2. The molecule has 0 bridgehead atoms. The molecule has 1 fully saturated rings. The van der Waals surface area contributed by atoms with E-state index in [1.165, 1.54) is 11.1 Å². The van der Waals surface area contributed by atoms with Crippen molar-refractivity contribution in [2.24, 2.45) is 5.92 Å². The first-order chi connectivity index (χ1) is 9.61. The van der Waals surface area contributed by atoms with Gasteiger partial charge < -0.3 is 4.42 Å². The van der Waals surface area contributed by atoms with Crippen LogP contribution in [0.15, 0.2) is 22.6 Å². The highest BCUT2D eigenvalue weighted by molar-refractivity contribution is 5.92. The van der Waals surface area contributed by atoms with Gasteiger partial charge in [-0.25, -0.2) is 0 Å². The summed E-state index contributed by atoms with van der Waals surface area (Å²) in [5, 5.41) is 10.5. The second kappa shape index (κ2) is 5.07. The van der Waals surface area contributed by atoms with Crippen LogP contribution in [0.5, 0.6) is 0 Å². The van der Waals surface area contributed by atoms with Crippen molar-refractivity contribution in [1.29, 1.82) is 0 Å². The topological polar surface area (TPSA) is 68.0 Å². The minimum Gasteiger partial charge on any atom is -0.407 e. The van der Waals surface area contributed by atoms with Gasteiger partial charge >= 0.3 is 6.01 Å². The molecule has 5 nitrogen and oxygen atoms in total. The summed E-state index contributed by atoms with van der Waals surface area (Å²) in [7, 11) is 0. The standard InChI is InChI=1S/C15H17N3O2/c1-9-3-4-11(7-10(9)2)8-13-17-18-15(20-13)16-14(19)12-5-6-12/h3-4,7,12H,5-6,8H2,1-2H3,(H,16,18,19). The zero-order valence-electron chi connectivity index (χ0n) is 11.6. The van der Waals surface area contributed by atoms with Gasteiger partial charge in [-0.05, 0) is 43.4 Å². The van der Waals surface area contributed by atoms with Crippen LogP contribution >= 0.6 is 0 Å². The normalized spacial score (nSPS) is 14.3. The number of benzene rings is 1. The maximum absolute atomic E-state index is 11.6. The van der Waals surface area contributed by atoms with E-state index in [2.05, 4.69) is 47.6 Å². The summed E-state index contributed by atoms with van der Waals surface area (Å²) in [6.45, 7) is 4.16. The van der Waals surface area contributed by atoms with Gasteiger partial charge in [-0.1, -0.05) is 23.3 Å². The van der Waals surface area contributed by atoms with Crippen LogP contribution in [0.1, 0.15) is 35.4 Å². The maximum Gasteiger partial charge on any atom is 0.322 e. The fourth-order valence-electron chi connectivity index (χ4n) is 2.02. The molecule has 1 aromatic heterocycles. The van der Waals surface area contributed by atoms with Crippen LogP contribution in [-0.2, 0) is 11.2 Å². The van der Waals surface area contributed by atoms with Crippen molar-refractivity contribution < 1.29 is 9.21 Å². The van der Waals surface area contributed by atoms with E-state index in [9.17, 15) is 4.79 Å². The molecule has 104 valence electrons. The summed E-state index contributed by atoms with van der Waals surface area (Å²) in [4.78, 5) is 11.6. The van der Waals surface area contributed by atoms with Crippen LogP contribution in [-0.4, -0.2) is 16.1 Å². The molecule has 1 aliphatic rings. The highest BCUT2D eigenvalue weighted by Gasteiger charge is 2.30. The molecule has 0 unspecified atom stereocenters. The lowest BCUT2D eigenvalue weighted by Gasteiger charge is -2.02. The SMILES string of the molecule is Cc1ccc(Cc2nnc(NC(=O)C3CC3)o2)cc1C. The minimum absolute atomic E-state index is 0.0219. The number of nitrogens with zero attached hydrogens (tertiary/aromatic N) is 2. The molecule has 2 aromatic rings. The number of hydrogen-bond donors (Lipinski definition) is 1. The van der Waals surface area contributed by atoms with Gasteiger partial charge in [-0.2, -0.15) is 0 Å². The van der Waals surface area contributed by atoms with E-state index < -0.39 is 0 Å². The van der Waals surface area contributed by atoms with Crippen LogP contribution in [0.4, 0.5) is 6.01 Å².